The lowest BCUT2D eigenvalue weighted by molar-refractivity contribution is 0.0604. The highest BCUT2D eigenvalue weighted by Crippen LogP contribution is 2.22. The van der Waals surface area contributed by atoms with Gasteiger partial charge >= 0.3 is 0 Å². The van der Waals surface area contributed by atoms with Crippen LogP contribution in [0.1, 0.15) is 31.2 Å². The van der Waals surface area contributed by atoms with E-state index in [4.69, 9.17) is 22.2 Å². The summed E-state index contributed by atoms with van der Waals surface area (Å²) in [7, 11) is 3.60. The van der Waals surface area contributed by atoms with E-state index in [0.29, 0.717) is 11.4 Å². The quantitative estimate of drug-likeness (QED) is 0.585. The maximum absolute atomic E-state index is 6.25. The fraction of sp³-hybridized carbons (Fsp3) is 0.750. The predicted molar refractivity (Wildman–Crippen MR) is 73.5 cm³/mol. The average molecular weight is 275 g/mol. The van der Waals surface area contributed by atoms with Crippen molar-refractivity contribution in [2.75, 3.05) is 7.11 Å². The second-order valence-corrected chi connectivity index (χ2v) is 4.89. The maximum Gasteiger partial charge on any atom is 0.0847 e. The van der Waals surface area contributed by atoms with E-state index in [1.165, 1.54) is 0 Å². The zero-order chi connectivity index (χ0) is 13.7. The van der Waals surface area contributed by atoms with Crippen molar-refractivity contribution in [3.63, 3.8) is 0 Å². The molecule has 3 N–H and O–H groups in total. The molecule has 0 aliphatic rings. The fourth-order valence-electron chi connectivity index (χ4n) is 2.18. The third kappa shape index (κ3) is 3.45. The van der Waals surface area contributed by atoms with Gasteiger partial charge in [0.2, 0.25) is 0 Å². The molecule has 0 aromatic carbocycles. The summed E-state index contributed by atoms with van der Waals surface area (Å²) in [6.07, 6.45) is 2.78. The summed E-state index contributed by atoms with van der Waals surface area (Å²) in [4.78, 5) is 0. The molecule has 0 spiro atoms. The second-order valence-electron chi connectivity index (χ2n) is 4.51. The molecule has 0 saturated heterocycles. The van der Waals surface area contributed by atoms with E-state index in [2.05, 4.69) is 17.4 Å². The van der Waals surface area contributed by atoms with Gasteiger partial charge in [-0.25, -0.2) is 0 Å². The van der Waals surface area contributed by atoms with E-state index < -0.39 is 0 Å². The molecule has 0 amide bonds. The Morgan fingerprint density at radius 2 is 2.22 bits per heavy atom. The molecule has 1 aromatic heterocycles. The number of nitrogens with two attached hydrogens (primary N) is 1. The fourth-order valence-corrected chi connectivity index (χ4v) is 2.41. The lowest BCUT2D eigenvalue weighted by atomic mass is 10.0. The summed E-state index contributed by atoms with van der Waals surface area (Å²) >= 11 is 6.25. The molecule has 0 aliphatic heterocycles. The molecule has 18 heavy (non-hydrogen) atoms. The lowest BCUT2D eigenvalue weighted by Gasteiger charge is -2.25. The minimum Gasteiger partial charge on any atom is -0.380 e. The summed E-state index contributed by atoms with van der Waals surface area (Å²) in [5, 5.41) is 5.02. The van der Waals surface area contributed by atoms with E-state index in [9.17, 15) is 0 Å². The van der Waals surface area contributed by atoms with Gasteiger partial charge in [-0.1, -0.05) is 24.9 Å². The molecule has 0 saturated carbocycles. The highest BCUT2D eigenvalue weighted by molar-refractivity contribution is 6.31. The molecule has 1 aromatic rings. The van der Waals surface area contributed by atoms with Gasteiger partial charge in [0, 0.05) is 20.6 Å². The predicted octanol–water partition coefficient (Wildman–Crippen LogP) is 1.57. The summed E-state index contributed by atoms with van der Waals surface area (Å²) in [5.74, 6) is 5.63. The zero-order valence-electron chi connectivity index (χ0n) is 11.5. The molecule has 1 heterocycles. The van der Waals surface area contributed by atoms with Crippen molar-refractivity contribution in [1.82, 2.24) is 15.2 Å². The molecule has 0 bridgehead atoms. The van der Waals surface area contributed by atoms with Gasteiger partial charge in [0.15, 0.2) is 0 Å². The van der Waals surface area contributed by atoms with Crippen LogP contribution in [0.4, 0.5) is 0 Å². The number of methoxy groups -OCH3 is 1. The van der Waals surface area contributed by atoms with Crippen molar-refractivity contribution in [1.29, 1.82) is 0 Å². The van der Waals surface area contributed by atoms with Crippen LogP contribution in [0.5, 0.6) is 0 Å². The van der Waals surface area contributed by atoms with Crippen LogP contribution in [0.15, 0.2) is 0 Å². The number of aromatic nitrogens is 2. The third-order valence-corrected chi connectivity index (χ3v) is 3.71. The van der Waals surface area contributed by atoms with E-state index in [-0.39, 0.29) is 12.1 Å². The smallest absolute Gasteiger partial charge is 0.0847 e. The molecule has 2 atom stereocenters. The van der Waals surface area contributed by atoms with Crippen molar-refractivity contribution in [3.8, 4) is 0 Å². The number of aryl methyl sites for hydroxylation is 2. The highest BCUT2D eigenvalue weighted by Gasteiger charge is 2.23. The molecular formula is C12H23ClN4O. The van der Waals surface area contributed by atoms with Gasteiger partial charge in [-0.05, 0) is 13.3 Å². The molecule has 2 unspecified atom stereocenters. The molecular weight excluding hydrogens is 252 g/mol. The maximum atomic E-state index is 6.25. The Labute approximate surface area is 114 Å². The molecule has 1 rings (SSSR count). The van der Waals surface area contributed by atoms with E-state index in [0.717, 1.165) is 24.2 Å². The third-order valence-electron chi connectivity index (χ3n) is 3.21. The van der Waals surface area contributed by atoms with E-state index in [1.807, 2.05) is 14.0 Å². The second kappa shape index (κ2) is 7.09. The van der Waals surface area contributed by atoms with Crippen LogP contribution in [0.2, 0.25) is 5.02 Å². The van der Waals surface area contributed by atoms with Gasteiger partial charge in [-0.15, -0.1) is 0 Å². The van der Waals surface area contributed by atoms with Crippen LogP contribution in [0.3, 0.4) is 0 Å². The first-order valence-corrected chi connectivity index (χ1v) is 6.59. The lowest BCUT2D eigenvalue weighted by Crippen LogP contribution is -2.46. The number of nitrogens with one attached hydrogen (secondary N) is 1. The monoisotopic (exact) mass is 274 g/mol. The molecule has 6 heteroatoms. The van der Waals surface area contributed by atoms with Gasteiger partial charge in [-0.3, -0.25) is 16.0 Å². The number of nitrogens with zero attached hydrogens (tertiary/aromatic N) is 2. The Morgan fingerprint density at radius 3 is 2.61 bits per heavy atom. The van der Waals surface area contributed by atoms with Crippen LogP contribution in [-0.2, 0) is 18.2 Å². The number of halogens is 1. The van der Waals surface area contributed by atoms with Crippen molar-refractivity contribution < 1.29 is 4.74 Å². The number of hydrazine groups is 1. The van der Waals surface area contributed by atoms with Gasteiger partial charge in [0.05, 0.1) is 28.6 Å². The summed E-state index contributed by atoms with van der Waals surface area (Å²) in [6.45, 7) is 4.03. The van der Waals surface area contributed by atoms with Crippen LogP contribution >= 0.6 is 11.6 Å². The Hall–Kier alpha value is -0.620. The normalized spacial score (nSPS) is 14.8. The van der Waals surface area contributed by atoms with Gasteiger partial charge in [0.1, 0.15) is 0 Å². The molecule has 5 nitrogen and oxygen atoms in total. The Bertz CT molecular complexity index is 380. The summed E-state index contributed by atoms with van der Waals surface area (Å²) in [5.41, 5.74) is 4.65. The van der Waals surface area contributed by atoms with Crippen molar-refractivity contribution >= 4 is 11.6 Å². The van der Waals surface area contributed by atoms with E-state index >= 15 is 0 Å². The first kappa shape index (κ1) is 15.4. The molecule has 0 radical (unpaired) electrons. The Morgan fingerprint density at radius 1 is 1.56 bits per heavy atom. The largest absolute Gasteiger partial charge is 0.380 e. The van der Waals surface area contributed by atoms with Crippen molar-refractivity contribution in [2.24, 2.45) is 12.9 Å². The van der Waals surface area contributed by atoms with E-state index in [1.54, 1.807) is 11.8 Å². The molecule has 0 fully saturated rings. The number of ether oxygens (including phenoxy) is 1. The molecule has 0 aliphatic carbocycles. The zero-order valence-corrected chi connectivity index (χ0v) is 12.3. The number of hydrogen-bond donors (Lipinski definition) is 2. The number of hydrogen-bond acceptors (Lipinski definition) is 4. The van der Waals surface area contributed by atoms with Crippen LogP contribution in [0.25, 0.3) is 0 Å². The van der Waals surface area contributed by atoms with Crippen LogP contribution in [0, 0.1) is 6.92 Å². The first-order valence-electron chi connectivity index (χ1n) is 6.22. The minimum absolute atomic E-state index is 0.0299. The van der Waals surface area contributed by atoms with Crippen molar-refractivity contribution in [2.45, 2.75) is 45.3 Å². The Kier molecular flexibility index (Phi) is 6.08. The first-order chi connectivity index (χ1) is 8.54. The highest BCUT2D eigenvalue weighted by atomic mass is 35.5. The van der Waals surface area contributed by atoms with Crippen LogP contribution in [-0.4, -0.2) is 29.0 Å². The number of rotatable bonds is 7. The average Bonchev–Trinajstić information content (AvgIpc) is 2.59. The minimum atomic E-state index is 0.0299. The van der Waals surface area contributed by atoms with Gasteiger partial charge in [-0.2, -0.15) is 5.10 Å². The Balaban J connectivity index is 2.84. The molecule has 104 valence electrons. The van der Waals surface area contributed by atoms with Crippen LogP contribution < -0.4 is 11.3 Å². The van der Waals surface area contributed by atoms with Gasteiger partial charge in [0.25, 0.3) is 0 Å². The van der Waals surface area contributed by atoms with Crippen molar-refractivity contribution in [3.05, 3.63) is 16.4 Å². The summed E-state index contributed by atoms with van der Waals surface area (Å²) in [6, 6.07) is 0.0299. The van der Waals surface area contributed by atoms with Gasteiger partial charge < -0.3 is 4.74 Å². The summed E-state index contributed by atoms with van der Waals surface area (Å²) < 4.78 is 7.29. The SMILES string of the molecule is CCCC(OC)C(Cc1c(Cl)c(C)nn1C)NN. The standard InChI is InChI=1S/C12H23ClN4O/c1-5-6-11(18-4)9(15-14)7-10-12(13)8(2)16-17(10)3/h9,11,15H,5-7,14H2,1-4H3. The topological polar surface area (TPSA) is 65.1 Å².